The fraction of sp³-hybridized carbons (Fsp3) is 0.444. The number of pyridine rings is 1. The molecule has 3 aromatic heterocycles. The first-order valence-corrected chi connectivity index (χ1v) is 12.5. The monoisotopic (exact) mass is 456 g/mol. The number of aromatic nitrogens is 4. The zero-order valence-electron chi connectivity index (χ0n) is 20.2. The fourth-order valence-corrected chi connectivity index (χ4v) is 5.84. The number of H-pyrrole nitrogens is 1. The second-order valence-corrected chi connectivity index (χ2v) is 10.0. The highest BCUT2D eigenvalue weighted by Gasteiger charge is 2.35. The summed E-state index contributed by atoms with van der Waals surface area (Å²) in [6.07, 6.45) is 3.24. The van der Waals surface area contributed by atoms with Crippen LogP contribution in [0.4, 0.5) is 0 Å². The van der Waals surface area contributed by atoms with Crippen LogP contribution in [0.25, 0.3) is 22.1 Å². The summed E-state index contributed by atoms with van der Waals surface area (Å²) in [6.45, 7) is 10.3. The predicted octanol–water partition coefficient (Wildman–Crippen LogP) is 3.96. The number of imidazole rings is 1. The molecule has 176 valence electrons. The maximum absolute atomic E-state index is 13.0. The Labute approximate surface area is 199 Å². The minimum atomic E-state index is 0.000485. The van der Waals surface area contributed by atoms with E-state index in [-0.39, 0.29) is 11.9 Å². The van der Waals surface area contributed by atoms with Crippen molar-refractivity contribution >= 4 is 28.0 Å². The van der Waals surface area contributed by atoms with Gasteiger partial charge in [-0.25, -0.2) is 9.97 Å². The number of benzene rings is 1. The van der Waals surface area contributed by atoms with E-state index in [0.717, 1.165) is 52.1 Å². The Hall–Kier alpha value is -3.19. The first kappa shape index (κ1) is 21.4. The maximum atomic E-state index is 13.0. The first-order chi connectivity index (χ1) is 16.5. The number of hydrogen-bond acceptors (Lipinski definition) is 4. The number of nitrogens with zero attached hydrogens (tertiary/aromatic N) is 4. The molecule has 7 heteroatoms. The second-order valence-electron chi connectivity index (χ2n) is 10.0. The first-order valence-electron chi connectivity index (χ1n) is 12.5. The van der Waals surface area contributed by atoms with Gasteiger partial charge in [-0.05, 0) is 81.1 Å². The van der Waals surface area contributed by atoms with Gasteiger partial charge in [-0.1, -0.05) is 13.0 Å². The molecule has 0 aliphatic carbocycles. The van der Waals surface area contributed by atoms with E-state index in [1.807, 2.05) is 13.0 Å². The number of piperidine rings is 3. The predicted molar refractivity (Wildman–Crippen MR) is 134 cm³/mol. The molecule has 3 aliphatic rings. The highest BCUT2D eigenvalue weighted by molar-refractivity contribution is 5.98. The van der Waals surface area contributed by atoms with Gasteiger partial charge in [-0.2, -0.15) is 0 Å². The number of carbonyl (C=O) groups excluding carboxylic acids is 1. The molecule has 0 radical (unpaired) electrons. The molecule has 3 aliphatic heterocycles. The van der Waals surface area contributed by atoms with Crippen LogP contribution < -0.4 is 5.32 Å². The summed E-state index contributed by atoms with van der Waals surface area (Å²) in [6, 6.07) is 10.7. The molecule has 1 aromatic carbocycles. The van der Waals surface area contributed by atoms with Crippen molar-refractivity contribution in [2.75, 3.05) is 19.6 Å². The lowest BCUT2D eigenvalue weighted by molar-refractivity contribution is 0.0618. The Bertz CT molecular complexity index is 1390. The Morgan fingerprint density at radius 2 is 1.97 bits per heavy atom. The van der Waals surface area contributed by atoms with E-state index < -0.39 is 0 Å². The van der Waals surface area contributed by atoms with E-state index in [1.54, 1.807) is 0 Å². The number of amides is 1. The van der Waals surface area contributed by atoms with Crippen LogP contribution in [0.15, 0.2) is 30.3 Å². The normalized spacial score (nSPS) is 22.0. The molecule has 7 rings (SSSR count). The summed E-state index contributed by atoms with van der Waals surface area (Å²) in [5, 5.41) is 4.35. The molecule has 2 N–H and O–H groups in total. The van der Waals surface area contributed by atoms with Gasteiger partial charge in [0.1, 0.15) is 17.0 Å². The lowest BCUT2D eigenvalue weighted by Crippen LogP contribution is -2.57. The topological polar surface area (TPSA) is 78.8 Å². The number of aromatic amines is 1. The maximum Gasteiger partial charge on any atom is 0.268 e. The van der Waals surface area contributed by atoms with Gasteiger partial charge in [-0.15, -0.1) is 0 Å². The SMILES string of the molecule is CCc1nc2c(C)cc(C)nc2n1Cc1ccc2[nH]c(C(=O)NC3CN4CCC3CC4)cc2c1. The quantitative estimate of drug-likeness (QED) is 0.476. The van der Waals surface area contributed by atoms with Gasteiger partial charge in [0.05, 0.1) is 6.54 Å². The van der Waals surface area contributed by atoms with Crippen molar-refractivity contribution in [3.8, 4) is 0 Å². The zero-order chi connectivity index (χ0) is 23.4. The van der Waals surface area contributed by atoms with Crippen LogP contribution in [0, 0.1) is 19.8 Å². The highest BCUT2D eigenvalue weighted by atomic mass is 16.2. The van der Waals surface area contributed by atoms with Gasteiger partial charge in [0.25, 0.3) is 5.91 Å². The second kappa shape index (κ2) is 8.24. The third-order valence-corrected chi connectivity index (χ3v) is 7.66. The van der Waals surface area contributed by atoms with E-state index in [4.69, 9.17) is 9.97 Å². The summed E-state index contributed by atoms with van der Waals surface area (Å²) < 4.78 is 2.23. The lowest BCUT2D eigenvalue weighted by Gasteiger charge is -2.44. The molecule has 6 heterocycles. The number of carbonyl (C=O) groups is 1. The molecule has 7 nitrogen and oxygen atoms in total. The average Bonchev–Trinajstić information content (AvgIpc) is 3.41. The highest BCUT2D eigenvalue weighted by Crippen LogP contribution is 2.28. The van der Waals surface area contributed by atoms with Crippen LogP contribution in [-0.4, -0.2) is 56.0 Å². The molecule has 3 fully saturated rings. The van der Waals surface area contributed by atoms with Crippen LogP contribution in [0.5, 0.6) is 0 Å². The average molecular weight is 457 g/mol. The minimum Gasteiger partial charge on any atom is -0.351 e. The molecule has 1 atom stereocenters. The number of rotatable bonds is 5. The van der Waals surface area contributed by atoms with Crippen molar-refractivity contribution in [3.63, 3.8) is 0 Å². The van der Waals surface area contributed by atoms with Crippen molar-refractivity contribution in [2.24, 2.45) is 5.92 Å². The van der Waals surface area contributed by atoms with E-state index in [1.165, 1.54) is 31.5 Å². The molecular weight excluding hydrogens is 424 g/mol. The van der Waals surface area contributed by atoms with Gasteiger partial charge >= 0.3 is 0 Å². The Morgan fingerprint density at radius 1 is 1.15 bits per heavy atom. The smallest absolute Gasteiger partial charge is 0.268 e. The molecule has 3 saturated heterocycles. The molecular formula is C27H32N6O. The minimum absolute atomic E-state index is 0.000485. The molecule has 34 heavy (non-hydrogen) atoms. The van der Waals surface area contributed by atoms with E-state index in [0.29, 0.717) is 18.2 Å². The summed E-state index contributed by atoms with van der Waals surface area (Å²) in [7, 11) is 0. The van der Waals surface area contributed by atoms with Crippen molar-refractivity contribution in [3.05, 3.63) is 58.7 Å². The summed E-state index contributed by atoms with van der Waals surface area (Å²) in [5.41, 5.74) is 6.89. The zero-order valence-corrected chi connectivity index (χ0v) is 20.2. The van der Waals surface area contributed by atoms with Crippen LogP contribution >= 0.6 is 0 Å². The summed E-state index contributed by atoms with van der Waals surface area (Å²) in [4.78, 5) is 28.5. The summed E-state index contributed by atoms with van der Waals surface area (Å²) >= 11 is 0. The standard InChI is InChI=1S/C27H32N6O/c1-4-24-31-25-16(2)11-17(3)28-26(25)33(24)14-18-5-6-21-20(12-18)13-22(29-21)27(34)30-23-15-32-9-7-19(23)8-10-32/h5-6,11-13,19,23,29H,4,7-10,14-15H2,1-3H3,(H,30,34). The largest absolute Gasteiger partial charge is 0.351 e. The van der Waals surface area contributed by atoms with Gasteiger partial charge in [0, 0.05) is 35.6 Å². The molecule has 1 unspecified atom stereocenters. The van der Waals surface area contributed by atoms with Gasteiger partial charge in [0.15, 0.2) is 5.65 Å². The van der Waals surface area contributed by atoms with Gasteiger partial charge in [0.2, 0.25) is 0 Å². The van der Waals surface area contributed by atoms with Crippen LogP contribution in [0.2, 0.25) is 0 Å². The van der Waals surface area contributed by atoms with Crippen LogP contribution in [0.1, 0.15) is 52.9 Å². The molecule has 1 amide bonds. The Kier molecular flexibility index (Phi) is 5.17. The Morgan fingerprint density at radius 3 is 2.71 bits per heavy atom. The van der Waals surface area contributed by atoms with Gasteiger partial charge < -0.3 is 19.8 Å². The number of aryl methyl sites for hydroxylation is 3. The number of fused-ring (bicyclic) bond motifs is 5. The Balaban J connectivity index is 1.26. The van der Waals surface area contributed by atoms with Crippen molar-refractivity contribution in [1.82, 2.24) is 29.7 Å². The van der Waals surface area contributed by atoms with Crippen molar-refractivity contribution in [1.29, 1.82) is 0 Å². The van der Waals surface area contributed by atoms with E-state index in [2.05, 4.69) is 57.9 Å². The van der Waals surface area contributed by atoms with E-state index >= 15 is 0 Å². The molecule has 4 aromatic rings. The van der Waals surface area contributed by atoms with E-state index in [9.17, 15) is 4.79 Å². The third kappa shape index (κ3) is 3.68. The molecule has 0 spiro atoms. The fourth-order valence-electron chi connectivity index (χ4n) is 5.84. The lowest BCUT2D eigenvalue weighted by atomic mass is 9.84. The summed E-state index contributed by atoms with van der Waals surface area (Å²) in [5.74, 6) is 1.66. The van der Waals surface area contributed by atoms with Crippen LogP contribution in [0.3, 0.4) is 0 Å². The third-order valence-electron chi connectivity index (χ3n) is 7.66. The van der Waals surface area contributed by atoms with Crippen LogP contribution in [-0.2, 0) is 13.0 Å². The number of nitrogens with one attached hydrogen (secondary N) is 2. The molecule has 0 saturated carbocycles. The molecule has 2 bridgehead atoms. The number of hydrogen-bond donors (Lipinski definition) is 2. The van der Waals surface area contributed by atoms with Crippen molar-refractivity contribution in [2.45, 2.75) is 52.6 Å². The van der Waals surface area contributed by atoms with Gasteiger partial charge in [-0.3, -0.25) is 4.79 Å². The van der Waals surface area contributed by atoms with Crippen molar-refractivity contribution < 1.29 is 4.79 Å².